The third kappa shape index (κ3) is 2.21. The van der Waals surface area contributed by atoms with E-state index in [4.69, 9.17) is 5.73 Å². The van der Waals surface area contributed by atoms with E-state index in [1.807, 2.05) is 18.0 Å². The van der Waals surface area contributed by atoms with Gasteiger partial charge in [-0.1, -0.05) is 6.07 Å². The third-order valence-corrected chi connectivity index (χ3v) is 6.96. The Balaban J connectivity index is 1.50. The molecule has 2 N–H and O–H groups in total. The van der Waals surface area contributed by atoms with Crippen LogP contribution in [-0.2, 0) is 6.54 Å². The van der Waals surface area contributed by atoms with Gasteiger partial charge in [0.2, 0.25) is 0 Å². The first-order valence-corrected chi connectivity index (χ1v) is 8.51. The minimum absolute atomic E-state index is 0.593. The van der Waals surface area contributed by atoms with Gasteiger partial charge in [-0.15, -0.1) is 11.8 Å². The van der Waals surface area contributed by atoms with Gasteiger partial charge in [0, 0.05) is 18.0 Å². The van der Waals surface area contributed by atoms with Crippen molar-refractivity contribution in [3.63, 3.8) is 0 Å². The molecule has 1 aromatic rings. The number of nitrogens with two attached hydrogens (primary N) is 1. The van der Waals surface area contributed by atoms with Gasteiger partial charge in [-0.25, -0.2) is 4.98 Å². The van der Waals surface area contributed by atoms with Gasteiger partial charge in [-0.05, 0) is 67.4 Å². The molecule has 4 bridgehead atoms. The first-order chi connectivity index (χ1) is 9.31. The molecule has 0 spiro atoms. The quantitative estimate of drug-likeness (QED) is 0.917. The molecule has 0 aliphatic heterocycles. The molecule has 0 radical (unpaired) electrons. The molecule has 102 valence electrons. The zero-order chi connectivity index (χ0) is 12.8. The van der Waals surface area contributed by atoms with Gasteiger partial charge < -0.3 is 5.73 Å². The number of thioether (sulfide) groups is 1. The second-order valence-corrected chi connectivity index (χ2v) is 7.92. The maximum Gasteiger partial charge on any atom is 0.0962 e. The zero-order valence-electron chi connectivity index (χ0n) is 11.3. The molecule has 4 aliphatic carbocycles. The summed E-state index contributed by atoms with van der Waals surface area (Å²) in [5.41, 5.74) is 6.77. The summed E-state index contributed by atoms with van der Waals surface area (Å²) in [6.45, 7) is 0.593. The predicted molar refractivity (Wildman–Crippen MR) is 78.8 cm³/mol. The summed E-state index contributed by atoms with van der Waals surface area (Å²) in [4.78, 5) is 4.58. The van der Waals surface area contributed by atoms with Crippen LogP contribution < -0.4 is 5.73 Å². The lowest BCUT2D eigenvalue weighted by Crippen LogP contribution is -2.46. The Labute approximate surface area is 119 Å². The maximum absolute atomic E-state index is 5.63. The van der Waals surface area contributed by atoms with Gasteiger partial charge in [0.25, 0.3) is 0 Å². The number of hydrogen-bond donors (Lipinski definition) is 1. The molecule has 0 amide bonds. The van der Waals surface area contributed by atoms with Crippen LogP contribution in [0.15, 0.2) is 23.4 Å². The Morgan fingerprint density at radius 3 is 2.26 bits per heavy atom. The summed E-state index contributed by atoms with van der Waals surface area (Å²) >= 11 is 2.05. The fourth-order valence-electron chi connectivity index (χ4n) is 4.81. The molecule has 0 saturated heterocycles. The van der Waals surface area contributed by atoms with Crippen LogP contribution in [0.5, 0.6) is 0 Å². The third-order valence-electron chi connectivity index (χ3n) is 5.43. The van der Waals surface area contributed by atoms with E-state index in [-0.39, 0.29) is 0 Å². The minimum atomic E-state index is 0.593. The Morgan fingerprint density at radius 1 is 1.05 bits per heavy atom. The fraction of sp³-hybridized carbons (Fsp3) is 0.688. The summed E-state index contributed by atoms with van der Waals surface area (Å²) in [5, 5.41) is 2.04. The summed E-state index contributed by atoms with van der Waals surface area (Å²) in [5.74, 6) is 4.06. The second-order valence-electron chi connectivity index (χ2n) is 6.72. The highest BCUT2D eigenvalue weighted by atomic mass is 32.2. The second kappa shape index (κ2) is 4.78. The molecule has 0 aromatic carbocycles. The number of hydrogen-bond acceptors (Lipinski definition) is 3. The van der Waals surface area contributed by atoms with E-state index in [2.05, 4.69) is 17.1 Å². The van der Waals surface area contributed by atoms with E-state index >= 15 is 0 Å². The van der Waals surface area contributed by atoms with Gasteiger partial charge in [-0.3, -0.25) is 0 Å². The molecule has 5 rings (SSSR count). The zero-order valence-corrected chi connectivity index (χ0v) is 12.1. The van der Waals surface area contributed by atoms with Crippen molar-refractivity contribution in [2.75, 3.05) is 0 Å². The van der Waals surface area contributed by atoms with Gasteiger partial charge in [-0.2, -0.15) is 0 Å². The van der Waals surface area contributed by atoms with Gasteiger partial charge in [0.05, 0.1) is 5.03 Å². The molecular formula is C16H22N2S. The first kappa shape index (κ1) is 12.2. The van der Waals surface area contributed by atoms with E-state index in [1.165, 1.54) is 37.1 Å². The van der Waals surface area contributed by atoms with Crippen molar-refractivity contribution < 1.29 is 0 Å². The number of nitrogens with zero attached hydrogens (tertiary/aromatic N) is 1. The molecule has 2 nitrogen and oxygen atoms in total. The van der Waals surface area contributed by atoms with Crippen LogP contribution in [0, 0.1) is 23.7 Å². The summed E-state index contributed by atoms with van der Waals surface area (Å²) in [6, 6.07) is 4.29. The fourth-order valence-corrected chi connectivity index (χ4v) is 6.18. The van der Waals surface area contributed by atoms with Crippen molar-refractivity contribution in [2.24, 2.45) is 29.4 Å². The molecule has 0 unspecified atom stereocenters. The maximum atomic E-state index is 5.63. The first-order valence-electron chi connectivity index (χ1n) is 7.63. The molecular weight excluding hydrogens is 252 g/mol. The lowest BCUT2D eigenvalue weighted by Gasteiger charge is -2.54. The number of aromatic nitrogens is 1. The van der Waals surface area contributed by atoms with Gasteiger partial charge in [0.1, 0.15) is 0 Å². The largest absolute Gasteiger partial charge is 0.326 e. The topological polar surface area (TPSA) is 38.9 Å². The lowest BCUT2D eigenvalue weighted by molar-refractivity contribution is 0.0267. The Morgan fingerprint density at radius 2 is 1.74 bits per heavy atom. The normalized spacial score (nSPS) is 39.7. The summed E-state index contributed by atoms with van der Waals surface area (Å²) in [7, 11) is 0. The van der Waals surface area contributed by atoms with E-state index in [1.54, 1.807) is 0 Å². The Hall–Kier alpha value is -0.540. The monoisotopic (exact) mass is 274 g/mol. The van der Waals surface area contributed by atoms with E-state index in [0.29, 0.717) is 6.54 Å². The van der Waals surface area contributed by atoms with Crippen molar-refractivity contribution in [1.82, 2.24) is 4.98 Å². The van der Waals surface area contributed by atoms with E-state index in [0.717, 1.165) is 34.5 Å². The van der Waals surface area contributed by atoms with Crippen LogP contribution in [0.1, 0.15) is 37.7 Å². The van der Waals surface area contributed by atoms with Gasteiger partial charge >= 0.3 is 0 Å². The average molecular weight is 274 g/mol. The summed E-state index contributed by atoms with van der Waals surface area (Å²) in [6.07, 6.45) is 9.44. The van der Waals surface area contributed by atoms with Crippen molar-refractivity contribution in [3.05, 3.63) is 23.9 Å². The molecule has 0 atom stereocenters. The number of pyridine rings is 1. The van der Waals surface area contributed by atoms with Crippen molar-refractivity contribution in [1.29, 1.82) is 0 Å². The average Bonchev–Trinajstić information content (AvgIpc) is 2.43. The molecule has 1 aromatic heterocycles. The van der Waals surface area contributed by atoms with Crippen LogP contribution in [-0.4, -0.2) is 10.2 Å². The molecule has 4 fully saturated rings. The standard InChI is InChI=1S/C16H22N2S/c17-8-10-1-2-15(18-9-10)19-16-13-4-11-3-12(6-13)7-14(16)5-11/h1-2,9,11-14,16H,3-8,17H2. The smallest absolute Gasteiger partial charge is 0.0962 e. The predicted octanol–water partition coefficient (Wildman–Crippen LogP) is 3.46. The van der Waals surface area contributed by atoms with E-state index in [9.17, 15) is 0 Å². The molecule has 4 saturated carbocycles. The molecule has 4 aliphatic rings. The van der Waals surface area contributed by atoms with Crippen LogP contribution in [0.25, 0.3) is 0 Å². The molecule has 1 heterocycles. The van der Waals surface area contributed by atoms with Crippen molar-refractivity contribution in [3.8, 4) is 0 Å². The molecule has 3 heteroatoms. The highest BCUT2D eigenvalue weighted by Crippen LogP contribution is 2.57. The van der Waals surface area contributed by atoms with Crippen LogP contribution in [0.4, 0.5) is 0 Å². The summed E-state index contributed by atoms with van der Waals surface area (Å²) < 4.78 is 0. The van der Waals surface area contributed by atoms with Crippen molar-refractivity contribution in [2.45, 2.75) is 48.9 Å². The van der Waals surface area contributed by atoms with Crippen molar-refractivity contribution >= 4 is 11.8 Å². The van der Waals surface area contributed by atoms with Gasteiger partial charge in [0.15, 0.2) is 0 Å². The molecule has 19 heavy (non-hydrogen) atoms. The lowest BCUT2D eigenvalue weighted by atomic mass is 9.56. The Kier molecular flexibility index (Phi) is 3.07. The van der Waals surface area contributed by atoms with Crippen LogP contribution >= 0.6 is 11.8 Å². The Bertz CT molecular complexity index is 428. The SMILES string of the molecule is NCc1ccc(SC2C3CC4CC(C3)CC2C4)nc1. The van der Waals surface area contributed by atoms with E-state index < -0.39 is 0 Å². The number of rotatable bonds is 3. The minimum Gasteiger partial charge on any atom is -0.326 e. The van der Waals surface area contributed by atoms with Crippen LogP contribution in [0.2, 0.25) is 0 Å². The highest BCUT2D eigenvalue weighted by molar-refractivity contribution is 7.99. The van der Waals surface area contributed by atoms with Crippen LogP contribution in [0.3, 0.4) is 0 Å². The highest BCUT2D eigenvalue weighted by Gasteiger charge is 2.48.